The second kappa shape index (κ2) is 5.47. The van der Waals surface area contributed by atoms with Crippen LogP contribution in [0.3, 0.4) is 0 Å². The predicted octanol–water partition coefficient (Wildman–Crippen LogP) is 2.43. The van der Waals surface area contributed by atoms with Crippen molar-refractivity contribution in [1.29, 1.82) is 0 Å². The largest absolute Gasteiger partial charge is 0.392 e. The number of nitrogens with zero attached hydrogens (tertiary/aromatic N) is 2. The number of aliphatic hydroxyl groups excluding tert-OH is 1. The topological polar surface area (TPSA) is 36.4 Å². The molecule has 1 aromatic heterocycles. The van der Waals surface area contributed by atoms with Gasteiger partial charge in [0.15, 0.2) is 0 Å². The fraction of sp³-hybridized carbons (Fsp3) is 0.545. The number of pyridine rings is 1. The Morgan fingerprint density at radius 3 is 2.73 bits per heavy atom. The summed E-state index contributed by atoms with van der Waals surface area (Å²) in [5.41, 5.74) is 0.854. The van der Waals surface area contributed by atoms with E-state index in [0.29, 0.717) is 5.92 Å². The predicted molar refractivity (Wildman–Crippen MR) is 66.0 cm³/mol. The van der Waals surface area contributed by atoms with E-state index in [4.69, 9.17) is 0 Å². The van der Waals surface area contributed by atoms with Gasteiger partial charge in [-0.2, -0.15) is 0 Å². The Balaban J connectivity index is 2.92. The van der Waals surface area contributed by atoms with Gasteiger partial charge in [-0.15, -0.1) is 0 Å². The summed E-state index contributed by atoms with van der Waals surface area (Å²) in [6.07, 6.45) is 1.76. The van der Waals surface area contributed by atoms with Crippen LogP contribution in [0.15, 0.2) is 16.7 Å². The Labute approximate surface area is 99.3 Å². The molecule has 4 heteroatoms. The molecule has 1 heterocycles. The first-order valence-corrected chi connectivity index (χ1v) is 5.80. The number of hydrogen-bond acceptors (Lipinski definition) is 3. The molecule has 0 fully saturated rings. The van der Waals surface area contributed by atoms with Crippen molar-refractivity contribution in [2.24, 2.45) is 5.92 Å². The lowest BCUT2D eigenvalue weighted by Crippen LogP contribution is -2.24. The third-order valence-corrected chi connectivity index (χ3v) is 2.51. The van der Waals surface area contributed by atoms with Crippen molar-refractivity contribution in [2.45, 2.75) is 20.5 Å². The molecule has 1 rings (SSSR count). The first kappa shape index (κ1) is 12.5. The van der Waals surface area contributed by atoms with Gasteiger partial charge in [0, 0.05) is 29.8 Å². The normalized spacial score (nSPS) is 10.8. The molecule has 0 amide bonds. The van der Waals surface area contributed by atoms with Crippen LogP contribution in [0.2, 0.25) is 0 Å². The monoisotopic (exact) mass is 272 g/mol. The van der Waals surface area contributed by atoms with Gasteiger partial charge in [-0.25, -0.2) is 4.98 Å². The Bertz CT molecular complexity index is 328. The number of aromatic nitrogens is 1. The summed E-state index contributed by atoms with van der Waals surface area (Å²) in [4.78, 5) is 6.39. The summed E-state index contributed by atoms with van der Waals surface area (Å²) in [6, 6.07) is 1.90. The van der Waals surface area contributed by atoms with Gasteiger partial charge in [0.2, 0.25) is 0 Å². The third-order valence-electron chi connectivity index (χ3n) is 2.08. The van der Waals surface area contributed by atoms with Crippen molar-refractivity contribution >= 4 is 21.7 Å². The fourth-order valence-corrected chi connectivity index (χ4v) is 1.95. The quantitative estimate of drug-likeness (QED) is 0.915. The Morgan fingerprint density at radius 1 is 1.53 bits per heavy atom. The number of halogens is 1. The van der Waals surface area contributed by atoms with Crippen LogP contribution >= 0.6 is 15.9 Å². The minimum atomic E-state index is 0.0181. The molecule has 0 atom stereocenters. The van der Waals surface area contributed by atoms with Gasteiger partial charge >= 0.3 is 0 Å². The second-order valence-corrected chi connectivity index (χ2v) is 4.98. The summed E-state index contributed by atoms with van der Waals surface area (Å²) in [7, 11) is 2.00. The van der Waals surface area contributed by atoms with Gasteiger partial charge in [-0.1, -0.05) is 13.8 Å². The van der Waals surface area contributed by atoms with Gasteiger partial charge in [-0.3, -0.25) is 0 Å². The molecule has 0 aliphatic heterocycles. The summed E-state index contributed by atoms with van der Waals surface area (Å²) in [5.74, 6) is 1.43. The van der Waals surface area contributed by atoms with E-state index in [0.717, 1.165) is 22.4 Å². The molecule has 84 valence electrons. The molecule has 0 saturated carbocycles. The molecular formula is C11H17BrN2O. The summed E-state index contributed by atoms with van der Waals surface area (Å²) in [5, 5.41) is 9.24. The van der Waals surface area contributed by atoms with E-state index < -0.39 is 0 Å². The van der Waals surface area contributed by atoms with E-state index in [-0.39, 0.29) is 6.61 Å². The maximum Gasteiger partial charge on any atom is 0.133 e. The molecule has 1 aromatic rings. The van der Waals surface area contributed by atoms with Gasteiger partial charge in [0.1, 0.15) is 5.82 Å². The van der Waals surface area contributed by atoms with E-state index in [1.54, 1.807) is 6.20 Å². The maximum absolute atomic E-state index is 9.24. The summed E-state index contributed by atoms with van der Waals surface area (Å²) in [6.45, 7) is 5.27. The van der Waals surface area contributed by atoms with E-state index >= 15 is 0 Å². The lowest BCUT2D eigenvalue weighted by atomic mass is 10.2. The minimum absolute atomic E-state index is 0.0181. The number of hydrogen-bond donors (Lipinski definition) is 1. The number of aliphatic hydroxyl groups is 1. The molecule has 15 heavy (non-hydrogen) atoms. The van der Waals surface area contributed by atoms with Crippen molar-refractivity contribution in [1.82, 2.24) is 4.98 Å². The van der Waals surface area contributed by atoms with Crippen LogP contribution in [0, 0.1) is 5.92 Å². The van der Waals surface area contributed by atoms with Crippen molar-refractivity contribution in [2.75, 3.05) is 18.5 Å². The zero-order valence-corrected chi connectivity index (χ0v) is 11.0. The molecule has 0 aliphatic carbocycles. The van der Waals surface area contributed by atoms with Gasteiger partial charge in [0.05, 0.1) is 6.61 Å². The first-order chi connectivity index (χ1) is 7.04. The number of rotatable bonds is 4. The Morgan fingerprint density at radius 2 is 2.20 bits per heavy atom. The van der Waals surface area contributed by atoms with E-state index in [1.165, 1.54) is 0 Å². The molecule has 0 aliphatic rings. The highest BCUT2D eigenvalue weighted by Crippen LogP contribution is 2.21. The van der Waals surface area contributed by atoms with E-state index in [1.807, 2.05) is 13.1 Å². The molecule has 0 radical (unpaired) electrons. The average molecular weight is 273 g/mol. The second-order valence-electron chi connectivity index (χ2n) is 4.07. The van der Waals surface area contributed by atoms with Crippen LogP contribution < -0.4 is 4.90 Å². The highest BCUT2D eigenvalue weighted by atomic mass is 79.9. The molecule has 0 saturated heterocycles. The Kier molecular flexibility index (Phi) is 4.54. The van der Waals surface area contributed by atoms with Crippen LogP contribution in [-0.2, 0) is 6.61 Å². The smallest absolute Gasteiger partial charge is 0.133 e. The molecule has 0 bridgehead atoms. The van der Waals surface area contributed by atoms with Crippen LogP contribution in [0.25, 0.3) is 0 Å². The molecule has 0 spiro atoms. The van der Waals surface area contributed by atoms with Crippen LogP contribution in [-0.4, -0.2) is 23.7 Å². The first-order valence-electron chi connectivity index (χ1n) is 5.01. The van der Waals surface area contributed by atoms with Crippen molar-refractivity contribution in [3.63, 3.8) is 0 Å². The zero-order chi connectivity index (χ0) is 11.4. The lowest BCUT2D eigenvalue weighted by Gasteiger charge is -2.22. The fourth-order valence-electron chi connectivity index (χ4n) is 1.57. The highest BCUT2D eigenvalue weighted by Gasteiger charge is 2.10. The maximum atomic E-state index is 9.24. The lowest BCUT2D eigenvalue weighted by molar-refractivity contribution is 0.281. The van der Waals surface area contributed by atoms with E-state index in [2.05, 4.69) is 39.7 Å². The average Bonchev–Trinajstić information content (AvgIpc) is 2.16. The van der Waals surface area contributed by atoms with Crippen LogP contribution in [0.1, 0.15) is 19.4 Å². The van der Waals surface area contributed by atoms with Crippen molar-refractivity contribution < 1.29 is 5.11 Å². The molecule has 0 aromatic carbocycles. The molecule has 1 N–H and O–H groups in total. The van der Waals surface area contributed by atoms with Gasteiger partial charge in [-0.05, 0) is 27.9 Å². The van der Waals surface area contributed by atoms with Crippen LogP contribution in [0.5, 0.6) is 0 Å². The summed E-state index contributed by atoms with van der Waals surface area (Å²) < 4.78 is 0.897. The molecule has 3 nitrogen and oxygen atoms in total. The molecular weight excluding hydrogens is 256 g/mol. The minimum Gasteiger partial charge on any atom is -0.392 e. The standard InChI is InChI=1S/C11H17BrN2O/c1-8(2)6-14(3)11-9(7-15)4-10(12)5-13-11/h4-5,8,15H,6-7H2,1-3H3. The zero-order valence-electron chi connectivity index (χ0n) is 9.37. The van der Waals surface area contributed by atoms with E-state index in [9.17, 15) is 5.11 Å². The SMILES string of the molecule is CC(C)CN(C)c1ncc(Br)cc1CO. The Hall–Kier alpha value is -0.610. The number of anilines is 1. The summed E-state index contributed by atoms with van der Waals surface area (Å²) >= 11 is 3.34. The van der Waals surface area contributed by atoms with Crippen LogP contribution in [0.4, 0.5) is 5.82 Å². The highest BCUT2D eigenvalue weighted by molar-refractivity contribution is 9.10. The third kappa shape index (κ3) is 3.47. The van der Waals surface area contributed by atoms with Crippen molar-refractivity contribution in [3.8, 4) is 0 Å². The van der Waals surface area contributed by atoms with Gasteiger partial charge in [0.25, 0.3) is 0 Å². The van der Waals surface area contributed by atoms with Crippen molar-refractivity contribution in [3.05, 3.63) is 22.3 Å². The molecule has 0 unspecified atom stereocenters. The van der Waals surface area contributed by atoms with Gasteiger partial charge < -0.3 is 10.0 Å².